The van der Waals surface area contributed by atoms with Gasteiger partial charge in [0.2, 0.25) is 0 Å². The molecule has 0 amide bonds. The van der Waals surface area contributed by atoms with E-state index >= 15 is 0 Å². The summed E-state index contributed by atoms with van der Waals surface area (Å²) in [5, 5.41) is 31.9. The van der Waals surface area contributed by atoms with Gasteiger partial charge in [-0.3, -0.25) is 0 Å². The fourth-order valence-corrected chi connectivity index (χ4v) is 6.78. The third kappa shape index (κ3) is 2.56. The molecule has 0 spiro atoms. The Morgan fingerprint density at radius 2 is 0.974 bits per heavy atom. The molecule has 1 heterocycles. The number of para-hydroxylation sites is 2. The average Bonchev–Trinajstić information content (AvgIpc) is 3.32. The van der Waals surface area contributed by atoms with E-state index in [0.29, 0.717) is 10.8 Å². The summed E-state index contributed by atoms with van der Waals surface area (Å²) in [5.74, 6) is -0.103. The Bertz CT molecular complexity index is 2360. The van der Waals surface area contributed by atoms with Crippen LogP contribution in [0, 0.1) is 0 Å². The largest absolute Gasteiger partial charge is 0.504 e. The molecule has 39 heavy (non-hydrogen) atoms. The van der Waals surface area contributed by atoms with Crippen molar-refractivity contribution in [2.24, 2.45) is 0 Å². The van der Waals surface area contributed by atoms with Crippen LogP contribution in [0.3, 0.4) is 0 Å². The molecule has 10 aromatic rings. The van der Waals surface area contributed by atoms with Crippen LogP contribution in [0.5, 0.6) is 11.5 Å². The normalized spacial score (nSPS) is 12.3. The topological polar surface area (TPSA) is 45.4 Å². The van der Waals surface area contributed by atoms with Gasteiger partial charge in [0.15, 0.2) is 11.5 Å². The van der Waals surface area contributed by atoms with E-state index in [1.54, 1.807) is 0 Å². The summed E-state index contributed by atoms with van der Waals surface area (Å²) in [6.07, 6.45) is 0. The Balaban J connectivity index is 1.42. The van der Waals surface area contributed by atoms with E-state index in [4.69, 9.17) is 0 Å². The number of phenols is 4. The van der Waals surface area contributed by atoms with E-state index in [1.807, 2.05) is 18.2 Å². The van der Waals surface area contributed by atoms with Crippen molar-refractivity contribution in [3.8, 4) is 28.3 Å². The molecule has 0 radical (unpaired) electrons. The van der Waals surface area contributed by atoms with Gasteiger partial charge in [0.1, 0.15) is 0 Å². The fourth-order valence-electron chi connectivity index (χ4n) is 6.78. The van der Waals surface area contributed by atoms with E-state index in [-0.39, 0.29) is 11.5 Å². The Morgan fingerprint density at radius 1 is 0.410 bits per heavy atom. The van der Waals surface area contributed by atoms with Crippen molar-refractivity contribution in [3.63, 3.8) is 0 Å². The first-order chi connectivity index (χ1) is 19.2. The molecule has 2 N–H and O–H groups in total. The number of aromatic hydroxyl groups is 2. The Labute approximate surface area is 223 Å². The molecule has 10 rings (SSSR count). The van der Waals surface area contributed by atoms with Crippen LogP contribution in [0.25, 0.3) is 81.7 Å². The van der Waals surface area contributed by atoms with Crippen LogP contribution in [0.4, 0.5) is 0 Å². The maximum atomic E-state index is 10.6. The van der Waals surface area contributed by atoms with Gasteiger partial charge in [0, 0.05) is 26.9 Å². The van der Waals surface area contributed by atoms with Gasteiger partial charge in [-0.25, -0.2) is 0 Å². The van der Waals surface area contributed by atoms with E-state index < -0.39 is 0 Å². The standard InChI is InChI=1S/C36H21NO2/c38-35-22-12-15-27(36(35)39)29(19-22)23-14-11-20-9-10-21-13-18-32(28-17-16-26(23)33(20)34(21)28)37-30-7-3-1-5-24(30)25-6-2-4-8-31(25)37/h1-19,38-39H. The van der Waals surface area contributed by atoms with Crippen LogP contribution < -0.4 is 0 Å². The van der Waals surface area contributed by atoms with Gasteiger partial charge in [0.05, 0.1) is 16.7 Å². The van der Waals surface area contributed by atoms with E-state index in [1.165, 1.54) is 48.7 Å². The summed E-state index contributed by atoms with van der Waals surface area (Å²) in [6.45, 7) is 0. The predicted molar refractivity (Wildman–Crippen MR) is 162 cm³/mol. The van der Waals surface area contributed by atoms with Gasteiger partial charge < -0.3 is 14.8 Å². The van der Waals surface area contributed by atoms with Gasteiger partial charge in [-0.2, -0.15) is 0 Å². The highest BCUT2D eigenvalue weighted by molar-refractivity contribution is 6.28. The molecular weight excluding hydrogens is 478 g/mol. The molecule has 0 fully saturated rings. The first-order valence-electron chi connectivity index (χ1n) is 13.2. The highest BCUT2D eigenvalue weighted by Gasteiger charge is 2.20. The maximum absolute atomic E-state index is 10.6. The third-order valence-corrected chi connectivity index (χ3v) is 8.53. The molecule has 9 aromatic carbocycles. The maximum Gasteiger partial charge on any atom is 0.166 e. The monoisotopic (exact) mass is 499 g/mol. The number of hydrogen-bond donors (Lipinski definition) is 2. The van der Waals surface area contributed by atoms with Gasteiger partial charge in [-0.1, -0.05) is 84.9 Å². The second-order valence-corrected chi connectivity index (χ2v) is 10.4. The Kier molecular flexibility index (Phi) is 3.82. The summed E-state index contributed by atoms with van der Waals surface area (Å²) in [6, 6.07) is 40.6. The lowest BCUT2D eigenvalue weighted by molar-refractivity contribution is 0.411. The number of fused-ring (bicyclic) bond motifs is 6. The summed E-state index contributed by atoms with van der Waals surface area (Å²) in [4.78, 5) is 0. The number of aromatic nitrogens is 1. The predicted octanol–water partition coefficient (Wildman–Crippen LogP) is 9.35. The highest BCUT2D eigenvalue weighted by atomic mass is 16.3. The zero-order valence-corrected chi connectivity index (χ0v) is 20.8. The molecule has 3 heteroatoms. The van der Waals surface area contributed by atoms with Gasteiger partial charge in [0.25, 0.3) is 0 Å². The number of hydrogen-bond acceptors (Lipinski definition) is 2. The molecule has 0 aliphatic rings. The number of nitrogens with zero attached hydrogens (tertiary/aromatic N) is 1. The number of benzene rings is 9. The van der Waals surface area contributed by atoms with Crippen molar-refractivity contribution in [3.05, 3.63) is 115 Å². The van der Waals surface area contributed by atoms with Crippen molar-refractivity contribution < 1.29 is 10.2 Å². The molecule has 0 saturated heterocycles. The minimum absolute atomic E-state index is 0.0511. The lowest BCUT2D eigenvalue weighted by atomic mass is 9.87. The average molecular weight is 500 g/mol. The number of phenolic OH excluding ortho intramolecular Hbond substituents is 2. The third-order valence-electron chi connectivity index (χ3n) is 8.53. The molecule has 182 valence electrons. The van der Waals surface area contributed by atoms with Crippen LogP contribution in [0.1, 0.15) is 0 Å². The molecule has 3 nitrogen and oxygen atoms in total. The van der Waals surface area contributed by atoms with Crippen LogP contribution >= 0.6 is 0 Å². The summed E-state index contributed by atoms with van der Waals surface area (Å²) >= 11 is 0. The lowest BCUT2D eigenvalue weighted by Crippen LogP contribution is -1.97. The quantitative estimate of drug-likeness (QED) is 0.184. The van der Waals surface area contributed by atoms with Crippen molar-refractivity contribution in [2.45, 2.75) is 0 Å². The van der Waals surface area contributed by atoms with E-state index in [0.717, 1.165) is 22.2 Å². The van der Waals surface area contributed by atoms with Crippen molar-refractivity contribution in [2.75, 3.05) is 0 Å². The van der Waals surface area contributed by atoms with Gasteiger partial charge >= 0.3 is 0 Å². The molecule has 2 bridgehead atoms. The molecule has 0 aliphatic heterocycles. The molecule has 0 atom stereocenters. The van der Waals surface area contributed by atoms with Crippen LogP contribution in [0.15, 0.2) is 115 Å². The molecule has 0 aliphatic carbocycles. The fraction of sp³-hybridized carbons (Fsp3) is 0. The van der Waals surface area contributed by atoms with Crippen LogP contribution in [-0.4, -0.2) is 14.8 Å². The SMILES string of the molecule is Oc1c(O)c2ccc1cc2-c1ccc2ccc3ccc(-n4c5ccccc5c5ccccc54)c4ccc1c2c34. The summed E-state index contributed by atoms with van der Waals surface area (Å²) < 4.78 is 2.39. The first-order valence-corrected chi connectivity index (χ1v) is 13.2. The Morgan fingerprint density at radius 3 is 1.69 bits per heavy atom. The summed E-state index contributed by atoms with van der Waals surface area (Å²) in [7, 11) is 0. The summed E-state index contributed by atoms with van der Waals surface area (Å²) in [5.41, 5.74) is 5.53. The number of rotatable bonds is 2. The van der Waals surface area contributed by atoms with Crippen LogP contribution in [-0.2, 0) is 0 Å². The van der Waals surface area contributed by atoms with Crippen molar-refractivity contribution in [1.29, 1.82) is 0 Å². The zero-order chi connectivity index (χ0) is 25.8. The second kappa shape index (κ2) is 7.18. The highest BCUT2D eigenvalue weighted by Crippen LogP contribution is 2.47. The first kappa shape index (κ1) is 20.7. The minimum atomic E-state index is -0.0515. The minimum Gasteiger partial charge on any atom is -0.504 e. The smallest absolute Gasteiger partial charge is 0.166 e. The van der Waals surface area contributed by atoms with Gasteiger partial charge in [-0.05, 0) is 68.4 Å². The zero-order valence-electron chi connectivity index (χ0n) is 20.8. The molecule has 0 saturated carbocycles. The van der Waals surface area contributed by atoms with E-state index in [9.17, 15) is 10.2 Å². The van der Waals surface area contributed by atoms with Crippen LogP contribution in [0.2, 0.25) is 0 Å². The molecule has 0 unspecified atom stereocenters. The van der Waals surface area contributed by atoms with E-state index in [2.05, 4.69) is 102 Å². The van der Waals surface area contributed by atoms with Crippen molar-refractivity contribution >= 4 is 64.9 Å². The second-order valence-electron chi connectivity index (χ2n) is 10.4. The molecular formula is C36H21NO2. The Hall–Kier alpha value is -5.28. The lowest BCUT2D eigenvalue weighted by Gasteiger charge is -2.19. The van der Waals surface area contributed by atoms with Gasteiger partial charge in [-0.15, -0.1) is 0 Å². The van der Waals surface area contributed by atoms with Crippen molar-refractivity contribution in [1.82, 2.24) is 4.57 Å². The molecule has 1 aromatic heterocycles.